The first-order chi connectivity index (χ1) is 7.43. The number of carbonyl (C=O) groups is 1. The number of rotatable bonds is 2. The summed E-state index contributed by atoms with van der Waals surface area (Å²) in [5.74, 6) is 0.737. The normalized spacial score (nSPS) is 19.3. The topological polar surface area (TPSA) is 73.4 Å². The average molecular weight is 226 g/mol. The van der Waals surface area contributed by atoms with E-state index in [2.05, 4.69) is 6.92 Å². The second kappa shape index (κ2) is 5.18. The number of amidine groups is 1. The van der Waals surface area contributed by atoms with Gasteiger partial charge in [-0.15, -0.1) is 0 Å². The van der Waals surface area contributed by atoms with Crippen molar-refractivity contribution in [3.05, 3.63) is 0 Å². The van der Waals surface area contributed by atoms with E-state index >= 15 is 0 Å². The Kier molecular flexibility index (Phi) is 4.15. The summed E-state index contributed by atoms with van der Waals surface area (Å²) < 4.78 is 0. The molecule has 0 radical (unpaired) electrons. The van der Waals surface area contributed by atoms with Gasteiger partial charge >= 0.3 is 6.03 Å². The Morgan fingerprint density at radius 3 is 2.44 bits per heavy atom. The van der Waals surface area contributed by atoms with Gasteiger partial charge < -0.3 is 15.5 Å². The van der Waals surface area contributed by atoms with Crippen LogP contribution in [0.2, 0.25) is 0 Å². The van der Waals surface area contributed by atoms with Crippen LogP contribution in [0.15, 0.2) is 0 Å². The van der Waals surface area contributed by atoms with Crippen LogP contribution in [0.3, 0.4) is 0 Å². The number of urea groups is 1. The van der Waals surface area contributed by atoms with Crippen LogP contribution in [0.1, 0.15) is 26.7 Å². The lowest BCUT2D eigenvalue weighted by Crippen LogP contribution is -2.51. The highest BCUT2D eigenvalue weighted by molar-refractivity contribution is 5.87. The van der Waals surface area contributed by atoms with E-state index in [0.29, 0.717) is 5.92 Å². The third-order valence-electron chi connectivity index (χ3n) is 3.39. The molecule has 1 saturated heterocycles. The molecule has 1 unspecified atom stereocenters. The minimum Gasteiger partial charge on any atom is -0.386 e. The van der Waals surface area contributed by atoms with Crippen molar-refractivity contribution in [3.8, 4) is 0 Å². The van der Waals surface area contributed by atoms with Crippen molar-refractivity contribution in [2.45, 2.75) is 32.7 Å². The zero-order valence-electron chi connectivity index (χ0n) is 10.4. The molecule has 1 rings (SSSR count). The number of piperidine rings is 1. The summed E-state index contributed by atoms with van der Waals surface area (Å²) >= 11 is 0. The van der Waals surface area contributed by atoms with Gasteiger partial charge in [-0.3, -0.25) is 5.41 Å². The Balaban J connectivity index is 2.54. The number of nitrogens with zero attached hydrogens (tertiary/aromatic N) is 2. The Morgan fingerprint density at radius 2 is 2.00 bits per heavy atom. The van der Waals surface area contributed by atoms with Gasteiger partial charge in [0.2, 0.25) is 0 Å². The number of likely N-dealkylation sites (tertiary alicyclic amines) is 1. The standard InChI is InChI=1S/C11H22N4O/c1-8-4-6-15(7-5-8)11(16)14(3)9(2)10(12)13/h8-9H,4-7H2,1-3H3,(H3,12,13). The second-order valence-electron chi connectivity index (χ2n) is 4.69. The molecule has 2 amide bonds. The third kappa shape index (κ3) is 2.87. The first kappa shape index (κ1) is 12.8. The predicted octanol–water partition coefficient (Wildman–Crippen LogP) is 1.09. The minimum atomic E-state index is -0.327. The molecule has 5 heteroatoms. The fourth-order valence-electron chi connectivity index (χ4n) is 1.80. The van der Waals surface area contributed by atoms with E-state index in [1.54, 1.807) is 18.9 Å². The SMILES string of the molecule is CC1CCN(C(=O)N(C)C(C)C(=N)N)CC1. The molecule has 0 aromatic carbocycles. The molecule has 1 fully saturated rings. The Bertz CT molecular complexity index is 271. The third-order valence-corrected chi connectivity index (χ3v) is 3.39. The lowest BCUT2D eigenvalue weighted by atomic mass is 9.99. The van der Waals surface area contributed by atoms with Crippen molar-refractivity contribution in [2.75, 3.05) is 20.1 Å². The maximum atomic E-state index is 12.1. The van der Waals surface area contributed by atoms with Crippen LogP contribution >= 0.6 is 0 Å². The van der Waals surface area contributed by atoms with E-state index < -0.39 is 0 Å². The number of nitrogens with one attached hydrogen (secondary N) is 1. The second-order valence-corrected chi connectivity index (χ2v) is 4.69. The molecule has 0 spiro atoms. The molecule has 3 N–H and O–H groups in total. The monoisotopic (exact) mass is 226 g/mol. The number of amides is 2. The van der Waals surface area contributed by atoms with Gasteiger partial charge in [0.1, 0.15) is 5.84 Å². The van der Waals surface area contributed by atoms with Gasteiger partial charge in [0, 0.05) is 20.1 Å². The van der Waals surface area contributed by atoms with E-state index in [1.165, 1.54) is 0 Å². The predicted molar refractivity (Wildman–Crippen MR) is 64.5 cm³/mol. The van der Waals surface area contributed by atoms with Crippen molar-refractivity contribution >= 4 is 11.9 Å². The van der Waals surface area contributed by atoms with Crippen LogP contribution in [0.25, 0.3) is 0 Å². The minimum absolute atomic E-state index is 0.0189. The highest BCUT2D eigenvalue weighted by Gasteiger charge is 2.26. The van der Waals surface area contributed by atoms with E-state index in [0.717, 1.165) is 25.9 Å². The lowest BCUT2D eigenvalue weighted by molar-refractivity contribution is 0.139. The van der Waals surface area contributed by atoms with Gasteiger partial charge in [0.05, 0.1) is 6.04 Å². The maximum Gasteiger partial charge on any atom is 0.320 e. The number of hydrogen-bond acceptors (Lipinski definition) is 2. The number of likely N-dealkylation sites (N-methyl/N-ethyl adjacent to an activating group) is 1. The Morgan fingerprint density at radius 1 is 1.50 bits per heavy atom. The van der Waals surface area contributed by atoms with E-state index in [4.69, 9.17) is 11.1 Å². The van der Waals surface area contributed by atoms with Crippen LogP contribution in [0.4, 0.5) is 4.79 Å². The molecule has 5 nitrogen and oxygen atoms in total. The summed E-state index contributed by atoms with van der Waals surface area (Å²) in [6.07, 6.45) is 2.13. The van der Waals surface area contributed by atoms with Crippen LogP contribution in [0, 0.1) is 11.3 Å². The van der Waals surface area contributed by atoms with Gasteiger partial charge in [-0.25, -0.2) is 4.79 Å². The molecule has 16 heavy (non-hydrogen) atoms. The first-order valence-corrected chi connectivity index (χ1v) is 5.79. The van der Waals surface area contributed by atoms with Crippen LogP contribution in [-0.2, 0) is 0 Å². The van der Waals surface area contributed by atoms with E-state index in [9.17, 15) is 4.79 Å². The van der Waals surface area contributed by atoms with E-state index in [1.807, 2.05) is 4.90 Å². The van der Waals surface area contributed by atoms with Crippen molar-refractivity contribution in [1.29, 1.82) is 5.41 Å². The summed E-state index contributed by atoms with van der Waals surface area (Å²) in [5, 5.41) is 7.34. The van der Waals surface area contributed by atoms with Crippen molar-refractivity contribution in [3.63, 3.8) is 0 Å². The van der Waals surface area contributed by atoms with Crippen molar-refractivity contribution < 1.29 is 4.79 Å². The average Bonchev–Trinajstić information content (AvgIpc) is 2.27. The summed E-state index contributed by atoms with van der Waals surface area (Å²) in [5.41, 5.74) is 5.40. The highest BCUT2D eigenvalue weighted by atomic mass is 16.2. The van der Waals surface area contributed by atoms with Gasteiger partial charge in [0.15, 0.2) is 0 Å². The Labute approximate surface area is 97.1 Å². The largest absolute Gasteiger partial charge is 0.386 e. The molecule has 1 heterocycles. The fraction of sp³-hybridized carbons (Fsp3) is 0.818. The molecule has 0 aliphatic carbocycles. The maximum absolute atomic E-state index is 12.1. The molecule has 0 bridgehead atoms. The van der Waals surface area contributed by atoms with Crippen LogP contribution in [-0.4, -0.2) is 47.8 Å². The molecule has 1 atom stereocenters. The summed E-state index contributed by atoms with van der Waals surface area (Å²) in [6, 6.07) is -0.346. The zero-order valence-corrected chi connectivity index (χ0v) is 10.4. The zero-order chi connectivity index (χ0) is 12.3. The number of carbonyl (C=O) groups excluding carboxylic acids is 1. The molecule has 1 aliphatic rings. The van der Waals surface area contributed by atoms with Gasteiger partial charge in [-0.1, -0.05) is 6.92 Å². The molecule has 1 aliphatic heterocycles. The lowest BCUT2D eigenvalue weighted by Gasteiger charge is -2.35. The fourth-order valence-corrected chi connectivity index (χ4v) is 1.80. The smallest absolute Gasteiger partial charge is 0.320 e. The molecule has 92 valence electrons. The van der Waals surface area contributed by atoms with E-state index in [-0.39, 0.29) is 17.9 Å². The Hall–Kier alpha value is -1.26. The molecule has 0 aromatic heterocycles. The van der Waals surface area contributed by atoms with Crippen LogP contribution in [0.5, 0.6) is 0 Å². The first-order valence-electron chi connectivity index (χ1n) is 5.79. The van der Waals surface area contributed by atoms with Crippen molar-refractivity contribution in [2.24, 2.45) is 11.7 Å². The molecular formula is C11H22N4O. The number of hydrogen-bond donors (Lipinski definition) is 2. The van der Waals surface area contributed by atoms with Crippen molar-refractivity contribution in [1.82, 2.24) is 9.80 Å². The van der Waals surface area contributed by atoms with Gasteiger partial charge in [-0.2, -0.15) is 0 Å². The summed E-state index contributed by atoms with van der Waals surface area (Å²) in [6.45, 7) is 5.61. The quantitative estimate of drug-likeness (QED) is 0.546. The summed E-state index contributed by atoms with van der Waals surface area (Å²) in [7, 11) is 1.70. The number of nitrogens with two attached hydrogens (primary N) is 1. The molecule has 0 aromatic rings. The highest BCUT2D eigenvalue weighted by Crippen LogP contribution is 2.17. The summed E-state index contributed by atoms with van der Waals surface area (Å²) in [4.78, 5) is 15.4. The molecular weight excluding hydrogens is 204 g/mol. The van der Waals surface area contributed by atoms with Crippen LogP contribution < -0.4 is 5.73 Å². The molecule has 0 saturated carbocycles. The van der Waals surface area contributed by atoms with Gasteiger partial charge in [-0.05, 0) is 25.7 Å². The van der Waals surface area contributed by atoms with Gasteiger partial charge in [0.25, 0.3) is 0 Å².